The van der Waals surface area contributed by atoms with Crippen molar-refractivity contribution in [2.45, 2.75) is 11.8 Å². The van der Waals surface area contributed by atoms with Crippen LogP contribution >= 0.6 is 11.6 Å². The molecule has 0 saturated heterocycles. The number of hydrazine groups is 1. The van der Waals surface area contributed by atoms with Gasteiger partial charge in [0.15, 0.2) is 0 Å². The molecule has 0 amide bonds. The molecule has 0 aliphatic carbocycles. The van der Waals surface area contributed by atoms with Crippen LogP contribution in [0.1, 0.15) is 5.56 Å². The molecule has 0 spiro atoms. The fraction of sp³-hybridized carbons (Fsp3) is 0.250. The molecular formula is C8H11ClN2O3S. The second-order valence-corrected chi connectivity index (χ2v) is 4.96. The lowest BCUT2D eigenvalue weighted by Gasteiger charge is -2.10. The van der Waals surface area contributed by atoms with Crippen molar-refractivity contribution >= 4 is 21.6 Å². The Labute approximate surface area is 93.2 Å². The van der Waals surface area contributed by atoms with Crippen LogP contribution in [-0.4, -0.2) is 15.5 Å². The molecular weight excluding hydrogens is 240 g/mol. The average Bonchev–Trinajstić information content (AvgIpc) is 2.21. The molecule has 15 heavy (non-hydrogen) atoms. The second kappa shape index (κ2) is 4.36. The predicted molar refractivity (Wildman–Crippen MR) is 57.2 cm³/mol. The molecule has 0 radical (unpaired) electrons. The zero-order chi connectivity index (χ0) is 11.6. The zero-order valence-corrected chi connectivity index (χ0v) is 9.82. The molecule has 0 aliphatic heterocycles. The van der Waals surface area contributed by atoms with Crippen molar-refractivity contribution < 1.29 is 13.2 Å². The highest BCUT2D eigenvalue weighted by atomic mass is 35.5. The first-order chi connectivity index (χ1) is 6.92. The van der Waals surface area contributed by atoms with Gasteiger partial charge >= 0.3 is 0 Å². The van der Waals surface area contributed by atoms with Crippen LogP contribution < -0.4 is 15.4 Å². The first-order valence-corrected chi connectivity index (χ1v) is 5.85. The van der Waals surface area contributed by atoms with Crippen molar-refractivity contribution in [3.63, 3.8) is 0 Å². The Morgan fingerprint density at radius 1 is 1.47 bits per heavy atom. The number of nitrogens with one attached hydrogen (secondary N) is 1. The maximum Gasteiger partial charge on any atom is 0.256 e. The Morgan fingerprint density at radius 3 is 2.53 bits per heavy atom. The van der Waals surface area contributed by atoms with Gasteiger partial charge in [-0.25, -0.2) is 8.42 Å². The van der Waals surface area contributed by atoms with Crippen LogP contribution in [0, 0.1) is 6.92 Å². The molecule has 0 atom stereocenters. The summed E-state index contributed by atoms with van der Waals surface area (Å²) in [6.45, 7) is 1.75. The molecule has 0 bridgehead atoms. The third-order valence-corrected chi connectivity index (χ3v) is 3.51. The smallest absolute Gasteiger partial charge is 0.256 e. The van der Waals surface area contributed by atoms with Crippen LogP contribution in [0.3, 0.4) is 0 Å². The summed E-state index contributed by atoms with van der Waals surface area (Å²) in [5.74, 6) is 5.12. The Hall–Kier alpha value is -0.820. The fourth-order valence-corrected chi connectivity index (χ4v) is 2.11. The summed E-state index contributed by atoms with van der Waals surface area (Å²) in [7, 11) is -2.39. The fourth-order valence-electron chi connectivity index (χ4n) is 1.07. The molecule has 1 aromatic rings. The van der Waals surface area contributed by atoms with Gasteiger partial charge in [0.05, 0.1) is 7.11 Å². The minimum Gasteiger partial charge on any atom is -0.495 e. The molecule has 0 saturated carbocycles. The van der Waals surface area contributed by atoms with Gasteiger partial charge in [-0.2, -0.15) is 0 Å². The Kier molecular flexibility index (Phi) is 3.56. The van der Waals surface area contributed by atoms with E-state index in [1.54, 1.807) is 11.8 Å². The molecule has 3 N–H and O–H groups in total. The molecule has 7 heteroatoms. The van der Waals surface area contributed by atoms with E-state index in [2.05, 4.69) is 0 Å². The summed E-state index contributed by atoms with van der Waals surface area (Å²) >= 11 is 5.82. The van der Waals surface area contributed by atoms with E-state index in [-0.39, 0.29) is 10.6 Å². The van der Waals surface area contributed by atoms with E-state index in [1.807, 2.05) is 0 Å². The van der Waals surface area contributed by atoms with Gasteiger partial charge in [0.25, 0.3) is 10.0 Å². The van der Waals surface area contributed by atoms with E-state index < -0.39 is 10.0 Å². The van der Waals surface area contributed by atoms with E-state index in [0.29, 0.717) is 5.02 Å². The summed E-state index contributed by atoms with van der Waals surface area (Å²) in [5.41, 5.74) is 0.726. The average molecular weight is 251 g/mol. The van der Waals surface area contributed by atoms with Crippen molar-refractivity contribution in [1.82, 2.24) is 4.83 Å². The summed E-state index contributed by atoms with van der Waals surface area (Å²) in [6.07, 6.45) is 0. The Bertz CT molecular complexity index is 473. The van der Waals surface area contributed by atoms with Crippen LogP contribution in [-0.2, 0) is 10.0 Å². The quantitative estimate of drug-likeness (QED) is 0.614. The predicted octanol–water partition coefficient (Wildman–Crippen LogP) is 0.809. The number of nitrogens with two attached hydrogens (primary N) is 1. The molecule has 1 aromatic carbocycles. The van der Waals surface area contributed by atoms with Gasteiger partial charge in [0.2, 0.25) is 0 Å². The number of hydrogen-bond acceptors (Lipinski definition) is 4. The highest BCUT2D eigenvalue weighted by Crippen LogP contribution is 2.29. The monoisotopic (exact) mass is 250 g/mol. The number of rotatable bonds is 3. The summed E-state index contributed by atoms with van der Waals surface area (Å²) in [4.78, 5) is 1.63. The van der Waals surface area contributed by atoms with E-state index in [9.17, 15) is 8.42 Å². The SMILES string of the molecule is COc1cc(C)c(Cl)cc1S(=O)(=O)NN. The van der Waals surface area contributed by atoms with Crippen molar-refractivity contribution in [2.75, 3.05) is 7.11 Å². The lowest BCUT2D eigenvalue weighted by Crippen LogP contribution is -2.30. The number of aryl methyl sites for hydroxylation is 1. The number of ether oxygens (including phenoxy) is 1. The van der Waals surface area contributed by atoms with E-state index in [1.165, 1.54) is 19.2 Å². The summed E-state index contributed by atoms with van der Waals surface area (Å²) in [5, 5.41) is 0.338. The molecule has 84 valence electrons. The second-order valence-electron chi connectivity index (χ2n) is 2.87. The first-order valence-electron chi connectivity index (χ1n) is 3.99. The van der Waals surface area contributed by atoms with E-state index in [4.69, 9.17) is 22.2 Å². The Balaban J connectivity index is 3.48. The topological polar surface area (TPSA) is 81.4 Å². The molecule has 0 aliphatic rings. The number of methoxy groups -OCH3 is 1. The largest absolute Gasteiger partial charge is 0.495 e. The van der Waals surface area contributed by atoms with Gasteiger partial charge in [-0.05, 0) is 24.6 Å². The van der Waals surface area contributed by atoms with Gasteiger partial charge in [0, 0.05) is 5.02 Å². The molecule has 0 heterocycles. The minimum absolute atomic E-state index is 0.0805. The van der Waals surface area contributed by atoms with Gasteiger partial charge in [-0.1, -0.05) is 11.6 Å². The van der Waals surface area contributed by atoms with Crippen LogP contribution in [0.25, 0.3) is 0 Å². The zero-order valence-electron chi connectivity index (χ0n) is 8.24. The lowest BCUT2D eigenvalue weighted by atomic mass is 10.2. The molecule has 0 aromatic heterocycles. The van der Waals surface area contributed by atoms with Gasteiger partial charge in [-0.15, -0.1) is 4.83 Å². The number of halogens is 1. The molecule has 0 unspecified atom stereocenters. The summed E-state index contributed by atoms with van der Waals surface area (Å²) in [6, 6.07) is 2.83. The Morgan fingerprint density at radius 2 is 2.07 bits per heavy atom. The van der Waals surface area contributed by atoms with Crippen molar-refractivity contribution in [3.8, 4) is 5.75 Å². The maximum atomic E-state index is 11.5. The minimum atomic E-state index is -3.76. The van der Waals surface area contributed by atoms with Gasteiger partial charge in [0.1, 0.15) is 10.6 Å². The maximum absolute atomic E-state index is 11.5. The summed E-state index contributed by atoms with van der Waals surface area (Å²) < 4.78 is 27.9. The van der Waals surface area contributed by atoms with Gasteiger partial charge < -0.3 is 4.74 Å². The normalized spacial score (nSPS) is 11.5. The highest BCUT2D eigenvalue weighted by Gasteiger charge is 2.19. The first kappa shape index (κ1) is 12.3. The number of hydrogen-bond donors (Lipinski definition) is 2. The lowest BCUT2D eigenvalue weighted by molar-refractivity contribution is 0.402. The van der Waals surface area contributed by atoms with Crippen LogP contribution in [0.2, 0.25) is 5.02 Å². The van der Waals surface area contributed by atoms with Gasteiger partial charge in [-0.3, -0.25) is 5.84 Å². The van der Waals surface area contributed by atoms with Crippen molar-refractivity contribution in [1.29, 1.82) is 0 Å². The number of benzene rings is 1. The van der Waals surface area contributed by atoms with Crippen LogP contribution in [0.4, 0.5) is 0 Å². The number of sulfonamides is 1. The van der Waals surface area contributed by atoms with E-state index in [0.717, 1.165) is 5.56 Å². The van der Waals surface area contributed by atoms with Crippen molar-refractivity contribution in [3.05, 3.63) is 22.7 Å². The third-order valence-electron chi connectivity index (χ3n) is 1.89. The van der Waals surface area contributed by atoms with Crippen LogP contribution in [0.5, 0.6) is 5.75 Å². The molecule has 0 fully saturated rings. The third kappa shape index (κ3) is 2.40. The van der Waals surface area contributed by atoms with E-state index >= 15 is 0 Å². The van der Waals surface area contributed by atoms with Crippen LogP contribution in [0.15, 0.2) is 17.0 Å². The molecule has 1 rings (SSSR count). The molecule has 5 nitrogen and oxygen atoms in total. The van der Waals surface area contributed by atoms with Crippen molar-refractivity contribution in [2.24, 2.45) is 5.84 Å². The standard InChI is InChI=1S/C8H11ClN2O3S/c1-5-3-7(14-2)8(4-6(5)9)15(12,13)11-10/h3-4,11H,10H2,1-2H3. The highest BCUT2D eigenvalue weighted by molar-refractivity contribution is 7.89.